The molecule has 21 heavy (non-hydrogen) atoms. The van der Waals surface area contributed by atoms with Gasteiger partial charge in [0.2, 0.25) is 0 Å². The highest BCUT2D eigenvalue weighted by Crippen LogP contribution is 2.32. The van der Waals surface area contributed by atoms with Crippen LogP contribution in [0.25, 0.3) is 0 Å². The maximum absolute atomic E-state index is 9.50. The Morgan fingerprint density at radius 1 is 1.24 bits per heavy atom. The van der Waals surface area contributed by atoms with Gasteiger partial charge in [0, 0.05) is 5.92 Å². The van der Waals surface area contributed by atoms with Crippen LogP contribution in [0.3, 0.4) is 0 Å². The van der Waals surface area contributed by atoms with Crippen molar-refractivity contribution in [2.24, 2.45) is 5.73 Å². The van der Waals surface area contributed by atoms with Crippen LogP contribution < -0.4 is 5.73 Å². The zero-order chi connectivity index (χ0) is 14.8. The summed E-state index contributed by atoms with van der Waals surface area (Å²) in [7, 11) is 0. The van der Waals surface area contributed by atoms with Crippen LogP contribution in [0.2, 0.25) is 0 Å². The Labute approximate surface area is 123 Å². The van der Waals surface area contributed by atoms with Crippen LogP contribution in [0.15, 0.2) is 18.2 Å². The minimum atomic E-state index is -0.333. The summed E-state index contributed by atoms with van der Waals surface area (Å²) in [5.41, 5.74) is 6.98. The monoisotopic (exact) mass is 288 g/mol. The number of aromatic nitrogens is 3. The van der Waals surface area contributed by atoms with Gasteiger partial charge in [-0.2, -0.15) is 5.10 Å². The van der Waals surface area contributed by atoms with E-state index in [0.717, 1.165) is 24.2 Å². The van der Waals surface area contributed by atoms with E-state index in [1.807, 2.05) is 0 Å². The molecule has 0 radical (unpaired) electrons. The highest BCUT2D eigenvalue weighted by molar-refractivity contribution is 5.40. The number of benzene rings is 1. The molecule has 1 atom stereocenters. The molecule has 1 aliphatic carbocycles. The molecule has 1 saturated carbocycles. The molecule has 6 heteroatoms. The minimum Gasteiger partial charge on any atom is -0.504 e. The first-order valence-corrected chi connectivity index (χ1v) is 7.32. The van der Waals surface area contributed by atoms with E-state index in [9.17, 15) is 10.2 Å². The van der Waals surface area contributed by atoms with E-state index in [2.05, 4.69) is 15.2 Å². The lowest BCUT2D eigenvalue weighted by molar-refractivity contribution is 0.403. The first-order chi connectivity index (χ1) is 10.1. The van der Waals surface area contributed by atoms with Gasteiger partial charge in [0.05, 0.1) is 6.04 Å². The number of hydrogen-bond acceptors (Lipinski definition) is 5. The quantitative estimate of drug-likeness (QED) is 0.644. The highest BCUT2D eigenvalue weighted by atomic mass is 16.3. The summed E-state index contributed by atoms with van der Waals surface area (Å²) >= 11 is 0. The smallest absolute Gasteiger partial charge is 0.167 e. The second-order valence-corrected chi connectivity index (χ2v) is 5.69. The van der Waals surface area contributed by atoms with Crippen molar-refractivity contribution in [3.05, 3.63) is 35.4 Å². The van der Waals surface area contributed by atoms with Gasteiger partial charge in [-0.25, -0.2) is 4.98 Å². The predicted octanol–water partition coefficient (Wildman–Crippen LogP) is 2.12. The molecule has 5 N–H and O–H groups in total. The van der Waals surface area contributed by atoms with E-state index in [1.54, 1.807) is 6.07 Å². The zero-order valence-corrected chi connectivity index (χ0v) is 11.8. The Morgan fingerprint density at radius 3 is 2.71 bits per heavy atom. The molecule has 1 heterocycles. The van der Waals surface area contributed by atoms with Gasteiger partial charge in [-0.1, -0.05) is 18.9 Å². The summed E-state index contributed by atoms with van der Waals surface area (Å²) in [6.45, 7) is 0. The lowest BCUT2D eigenvalue weighted by Gasteiger charge is -2.08. The second-order valence-electron chi connectivity index (χ2n) is 5.69. The van der Waals surface area contributed by atoms with Crippen LogP contribution in [0, 0.1) is 0 Å². The van der Waals surface area contributed by atoms with Crippen molar-refractivity contribution in [1.82, 2.24) is 15.2 Å². The van der Waals surface area contributed by atoms with Crippen LogP contribution in [0.1, 0.15) is 54.9 Å². The third kappa shape index (κ3) is 3.00. The molecule has 0 bridgehead atoms. The number of hydrogen-bond donors (Lipinski definition) is 4. The van der Waals surface area contributed by atoms with E-state index >= 15 is 0 Å². The molecular weight excluding hydrogens is 268 g/mol. The molecule has 1 aromatic heterocycles. The molecule has 1 aromatic carbocycles. The first kappa shape index (κ1) is 13.9. The van der Waals surface area contributed by atoms with Gasteiger partial charge in [-0.05, 0) is 37.0 Å². The fourth-order valence-corrected chi connectivity index (χ4v) is 2.88. The van der Waals surface area contributed by atoms with E-state index in [-0.39, 0.29) is 17.5 Å². The third-order valence-electron chi connectivity index (χ3n) is 4.09. The van der Waals surface area contributed by atoms with E-state index < -0.39 is 0 Å². The Bertz CT molecular complexity index is 620. The lowest BCUT2D eigenvalue weighted by Crippen LogP contribution is -2.15. The van der Waals surface area contributed by atoms with Gasteiger partial charge in [-0.15, -0.1) is 0 Å². The molecule has 0 saturated heterocycles. The SMILES string of the molecule is NC(Cc1ccc(O)c(O)c1)c1n[nH]c(C2CCCC2)n1. The van der Waals surface area contributed by atoms with Crippen molar-refractivity contribution in [3.63, 3.8) is 0 Å². The van der Waals surface area contributed by atoms with E-state index in [0.29, 0.717) is 18.2 Å². The predicted molar refractivity (Wildman–Crippen MR) is 78.0 cm³/mol. The van der Waals surface area contributed by atoms with Crippen molar-refractivity contribution in [2.75, 3.05) is 0 Å². The van der Waals surface area contributed by atoms with Crippen LogP contribution in [0.4, 0.5) is 0 Å². The van der Waals surface area contributed by atoms with Crippen molar-refractivity contribution >= 4 is 0 Å². The standard InChI is InChI=1S/C15H20N4O2/c16-11(7-9-5-6-12(20)13(21)8-9)15-17-14(18-19-15)10-3-1-2-4-10/h5-6,8,10-11,20-21H,1-4,7,16H2,(H,17,18,19). The van der Waals surface area contributed by atoms with Crippen molar-refractivity contribution in [2.45, 2.75) is 44.1 Å². The third-order valence-corrected chi connectivity index (χ3v) is 4.09. The number of aromatic hydroxyl groups is 2. The molecule has 0 amide bonds. The summed E-state index contributed by atoms with van der Waals surface area (Å²) < 4.78 is 0. The number of phenolic OH excluding ortho intramolecular Hbond substituents is 2. The largest absolute Gasteiger partial charge is 0.504 e. The fourth-order valence-electron chi connectivity index (χ4n) is 2.88. The zero-order valence-electron chi connectivity index (χ0n) is 11.8. The van der Waals surface area contributed by atoms with Gasteiger partial charge in [0.1, 0.15) is 5.82 Å². The fraction of sp³-hybridized carbons (Fsp3) is 0.467. The lowest BCUT2D eigenvalue weighted by atomic mass is 10.1. The molecular formula is C15H20N4O2. The topological polar surface area (TPSA) is 108 Å². The Kier molecular flexibility index (Phi) is 3.79. The highest BCUT2D eigenvalue weighted by Gasteiger charge is 2.22. The average Bonchev–Trinajstić information content (AvgIpc) is 3.12. The number of rotatable bonds is 4. The number of nitrogens with one attached hydrogen (secondary N) is 1. The molecule has 6 nitrogen and oxygen atoms in total. The second kappa shape index (κ2) is 5.73. The number of aromatic amines is 1. The number of phenols is 2. The maximum atomic E-state index is 9.50. The van der Waals surface area contributed by atoms with Crippen LogP contribution in [-0.4, -0.2) is 25.4 Å². The molecule has 112 valence electrons. The van der Waals surface area contributed by atoms with E-state index in [4.69, 9.17) is 5.73 Å². The van der Waals surface area contributed by atoms with Crippen LogP contribution >= 0.6 is 0 Å². The van der Waals surface area contributed by atoms with Gasteiger partial charge in [0.25, 0.3) is 0 Å². The number of H-pyrrole nitrogens is 1. The van der Waals surface area contributed by atoms with Gasteiger partial charge in [-0.3, -0.25) is 5.10 Å². The van der Waals surface area contributed by atoms with E-state index in [1.165, 1.54) is 25.0 Å². The molecule has 0 spiro atoms. The van der Waals surface area contributed by atoms with Crippen molar-refractivity contribution in [1.29, 1.82) is 0 Å². The summed E-state index contributed by atoms with van der Waals surface area (Å²) in [6.07, 6.45) is 5.33. The summed E-state index contributed by atoms with van der Waals surface area (Å²) in [6, 6.07) is 4.37. The molecule has 3 rings (SSSR count). The summed E-state index contributed by atoms with van der Waals surface area (Å²) in [4.78, 5) is 4.52. The van der Waals surface area contributed by atoms with Gasteiger partial charge < -0.3 is 15.9 Å². The van der Waals surface area contributed by atoms with Crippen LogP contribution in [0.5, 0.6) is 11.5 Å². The summed E-state index contributed by atoms with van der Waals surface area (Å²) in [5.74, 6) is 1.75. The average molecular weight is 288 g/mol. The Balaban J connectivity index is 1.69. The summed E-state index contributed by atoms with van der Waals surface area (Å²) in [5, 5.41) is 26.0. The molecule has 0 aliphatic heterocycles. The molecule has 2 aromatic rings. The van der Waals surface area contributed by atoms with Crippen LogP contribution in [-0.2, 0) is 6.42 Å². The van der Waals surface area contributed by atoms with Gasteiger partial charge in [0.15, 0.2) is 17.3 Å². The normalized spacial score (nSPS) is 17.2. The molecule has 1 unspecified atom stereocenters. The maximum Gasteiger partial charge on any atom is 0.167 e. The molecule has 1 fully saturated rings. The Morgan fingerprint density at radius 2 is 2.00 bits per heavy atom. The minimum absolute atomic E-state index is 0.131. The molecule has 1 aliphatic rings. The number of nitrogens with two attached hydrogens (primary N) is 1. The van der Waals surface area contributed by atoms with Gasteiger partial charge >= 0.3 is 0 Å². The number of nitrogens with zero attached hydrogens (tertiary/aromatic N) is 2. The Hall–Kier alpha value is -2.08. The van der Waals surface area contributed by atoms with Crippen molar-refractivity contribution < 1.29 is 10.2 Å². The van der Waals surface area contributed by atoms with Crippen molar-refractivity contribution in [3.8, 4) is 11.5 Å². The first-order valence-electron chi connectivity index (χ1n) is 7.32.